The number of hydrogen-bond donors (Lipinski definition) is 3. The van der Waals surface area contributed by atoms with Gasteiger partial charge in [0.2, 0.25) is 0 Å². The summed E-state index contributed by atoms with van der Waals surface area (Å²) in [6.07, 6.45) is -1.13. The van der Waals surface area contributed by atoms with Crippen molar-refractivity contribution in [2.24, 2.45) is 0 Å². The van der Waals surface area contributed by atoms with Crippen LogP contribution in [0.25, 0.3) is 11.3 Å². The standard InChI is InChI=1S/C19H17FN2O4/c1-11-17(18(26-22-11)12-6-8-14(23)9-7-12)16(21-19(24)25)10-13-4-2-3-5-15(13)20/h2-9,16,21,23H,10H2,1H3,(H,24,25)/t16-/m1/s1. The Balaban J connectivity index is 2.04. The molecular formula is C19H17FN2O4. The molecule has 0 aliphatic rings. The molecule has 2 aromatic carbocycles. The molecule has 0 aliphatic carbocycles. The Hall–Kier alpha value is -3.35. The summed E-state index contributed by atoms with van der Waals surface area (Å²) in [7, 11) is 0. The normalized spacial score (nSPS) is 11.9. The van der Waals surface area contributed by atoms with E-state index in [9.17, 15) is 19.4 Å². The van der Waals surface area contributed by atoms with Crippen LogP contribution in [0.4, 0.5) is 9.18 Å². The number of hydrogen-bond acceptors (Lipinski definition) is 4. The Morgan fingerprint density at radius 3 is 2.58 bits per heavy atom. The van der Waals surface area contributed by atoms with Crippen LogP contribution in [0.2, 0.25) is 0 Å². The van der Waals surface area contributed by atoms with Crippen LogP contribution in [-0.4, -0.2) is 21.5 Å². The quantitative estimate of drug-likeness (QED) is 0.641. The van der Waals surface area contributed by atoms with Gasteiger partial charge < -0.3 is 20.1 Å². The lowest BCUT2D eigenvalue weighted by Gasteiger charge is -2.18. The Morgan fingerprint density at radius 1 is 1.23 bits per heavy atom. The molecule has 134 valence electrons. The predicted octanol–water partition coefficient (Wildman–Crippen LogP) is 4.05. The summed E-state index contributed by atoms with van der Waals surface area (Å²) in [6.45, 7) is 1.70. The molecule has 0 bridgehead atoms. The zero-order chi connectivity index (χ0) is 18.7. The van der Waals surface area contributed by atoms with Crippen molar-refractivity contribution >= 4 is 6.09 Å². The smallest absolute Gasteiger partial charge is 0.405 e. The van der Waals surface area contributed by atoms with Crippen LogP contribution in [0.5, 0.6) is 5.75 Å². The van der Waals surface area contributed by atoms with Crippen molar-refractivity contribution in [3.8, 4) is 17.1 Å². The summed E-state index contributed by atoms with van der Waals surface area (Å²) in [4.78, 5) is 11.3. The van der Waals surface area contributed by atoms with Crippen molar-refractivity contribution in [2.45, 2.75) is 19.4 Å². The molecule has 6 nitrogen and oxygen atoms in total. The van der Waals surface area contributed by atoms with Gasteiger partial charge in [-0.2, -0.15) is 0 Å². The molecule has 7 heteroatoms. The maximum Gasteiger partial charge on any atom is 0.405 e. The summed E-state index contributed by atoms with van der Waals surface area (Å²) in [5.41, 5.74) is 2.04. The highest BCUT2D eigenvalue weighted by molar-refractivity contribution is 5.68. The summed E-state index contributed by atoms with van der Waals surface area (Å²) in [5, 5.41) is 25.0. The van der Waals surface area contributed by atoms with Crippen molar-refractivity contribution < 1.29 is 23.9 Å². The van der Waals surface area contributed by atoms with Gasteiger partial charge in [-0.15, -0.1) is 0 Å². The topological polar surface area (TPSA) is 95.6 Å². The molecule has 1 atom stereocenters. The average Bonchev–Trinajstić information content (AvgIpc) is 2.98. The zero-order valence-corrected chi connectivity index (χ0v) is 13.9. The van der Waals surface area contributed by atoms with E-state index in [-0.39, 0.29) is 12.2 Å². The van der Waals surface area contributed by atoms with Gasteiger partial charge in [0.1, 0.15) is 11.6 Å². The molecule has 0 saturated carbocycles. The minimum absolute atomic E-state index is 0.0955. The number of phenolic OH excluding ortho intramolecular Hbond substituents is 1. The number of amides is 1. The highest BCUT2D eigenvalue weighted by Gasteiger charge is 2.26. The third-order valence-electron chi connectivity index (χ3n) is 4.07. The second kappa shape index (κ2) is 7.26. The van der Waals surface area contributed by atoms with Gasteiger partial charge in [0, 0.05) is 17.5 Å². The van der Waals surface area contributed by atoms with E-state index in [1.54, 1.807) is 37.3 Å². The minimum Gasteiger partial charge on any atom is -0.508 e. The van der Waals surface area contributed by atoms with Gasteiger partial charge in [-0.3, -0.25) is 0 Å². The van der Waals surface area contributed by atoms with E-state index in [1.807, 2.05) is 0 Å². The van der Waals surface area contributed by atoms with Crippen LogP contribution in [-0.2, 0) is 6.42 Å². The second-order valence-electron chi connectivity index (χ2n) is 5.86. The molecule has 1 heterocycles. The largest absolute Gasteiger partial charge is 0.508 e. The van der Waals surface area contributed by atoms with Gasteiger partial charge in [-0.05, 0) is 42.8 Å². The molecule has 3 rings (SSSR count). The van der Waals surface area contributed by atoms with Crippen LogP contribution in [0, 0.1) is 12.7 Å². The lowest BCUT2D eigenvalue weighted by Crippen LogP contribution is -2.29. The molecule has 0 fully saturated rings. The Morgan fingerprint density at radius 2 is 1.92 bits per heavy atom. The van der Waals surface area contributed by atoms with Crippen molar-refractivity contribution in [3.63, 3.8) is 0 Å². The van der Waals surface area contributed by atoms with Gasteiger partial charge >= 0.3 is 6.09 Å². The number of aryl methyl sites for hydroxylation is 1. The third-order valence-corrected chi connectivity index (χ3v) is 4.07. The van der Waals surface area contributed by atoms with Crippen molar-refractivity contribution in [1.29, 1.82) is 0 Å². The Bertz CT molecular complexity index is 922. The van der Waals surface area contributed by atoms with Crippen LogP contribution < -0.4 is 5.32 Å². The molecule has 1 aromatic heterocycles. The van der Waals surface area contributed by atoms with Crippen LogP contribution in [0.3, 0.4) is 0 Å². The van der Waals surface area contributed by atoms with Gasteiger partial charge in [-0.25, -0.2) is 9.18 Å². The minimum atomic E-state index is -1.23. The van der Waals surface area contributed by atoms with Gasteiger partial charge in [0.25, 0.3) is 0 Å². The molecule has 0 unspecified atom stereocenters. The monoisotopic (exact) mass is 356 g/mol. The Labute approximate surface area is 148 Å². The molecular weight excluding hydrogens is 339 g/mol. The molecule has 26 heavy (non-hydrogen) atoms. The SMILES string of the molecule is Cc1noc(-c2ccc(O)cc2)c1[C@@H](Cc1ccccc1F)NC(=O)O. The number of aromatic hydroxyl groups is 1. The highest BCUT2D eigenvalue weighted by atomic mass is 19.1. The first-order valence-electron chi connectivity index (χ1n) is 7.94. The van der Waals surface area contributed by atoms with E-state index in [2.05, 4.69) is 10.5 Å². The number of nitrogens with one attached hydrogen (secondary N) is 1. The number of nitrogens with zero attached hydrogens (tertiary/aromatic N) is 1. The van der Waals surface area contributed by atoms with E-state index in [0.29, 0.717) is 28.1 Å². The number of halogens is 1. The Kier molecular flexibility index (Phi) is 4.88. The van der Waals surface area contributed by atoms with E-state index in [4.69, 9.17) is 4.52 Å². The highest BCUT2D eigenvalue weighted by Crippen LogP contribution is 2.33. The van der Waals surface area contributed by atoms with E-state index >= 15 is 0 Å². The first-order valence-corrected chi connectivity index (χ1v) is 7.94. The summed E-state index contributed by atoms with van der Waals surface area (Å²) < 4.78 is 19.4. The van der Waals surface area contributed by atoms with Gasteiger partial charge in [-0.1, -0.05) is 23.4 Å². The number of carboxylic acid groups (broad SMARTS) is 1. The summed E-state index contributed by atoms with van der Waals surface area (Å²) >= 11 is 0. The van der Waals surface area contributed by atoms with Crippen molar-refractivity contribution in [3.05, 3.63) is 71.2 Å². The third kappa shape index (κ3) is 3.66. The fourth-order valence-electron chi connectivity index (χ4n) is 2.87. The van der Waals surface area contributed by atoms with Crippen LogP contribution in [0.15, 0.2) is 53.1 Å². The summed E-state index contributed by atoms with van der Waals surface area (Å²) in [6, 6.07) is 11.7. The number of aromatic nitrogens is 1. The van der Waals surface area contributed by atoms with Crippen molar-refractivity contribution in [1.82, 2.24) is 10.5 Å². The molecule has 0 saturated heterocycles. The molecule has 0 aliphatic heterocycles. The fourth-order valence-corrected chi connectivity index (χ4v) is 2.87. The molecule has 0 spiro atoms. The molecule has 0 radical (unpaired) electrons. The fraction of sp³-hybridized carbons (Fsp3) is 0.158. The number of rotatable bonds is 5. The average molecular weight is 356 g/mol. The molecule has 3 aromatic rings. The van der Waals surface area contributed by atoms with Crippen LogP contribution >= 0.6 is 0 Å². The maximum atomic E-state index is 14.1. The van der Waals surface area contributed by atoms with E-state index < -0.39 is 18.0 Å². The van der Waals surface area contributed by atoms with Crippen molar-refractivity contribution in [2.75, 3.05) is 0 Å². The second-order valence-corrected chi connectivity index (χ2v) is 5.86. The van der Waals surface area contributed by atoms with Gasteiger partial charge in [0.15, 0.2) is 5.76 Å². The number of benzene rings is 2. The lowest BCUT2D eigenvalue weighted by molar-refractivity contribution is 0.189. The number of carbonyl (C=O) groups is 1. The molecule has 1 amide bonds. The van der Waals surface area contributed by atoms with Gasteiger partial charge in [0.05, 0.1) is 11.7 Å². The summed E-state index contributed by atoms with van der Waals surface area (Å²) in [5.74, 6) is 0.0562. The van der Waals surface area contributed by atoms with Crippen LogP contribution in [0.1, 0.15) is 22.9 Å². The number of phenols is 1. The van der Waals surface area contributed by atoms with E-state index in [0.717, 1.165) is 0 Å². The zero-order valence-electron chi connectivity index (χ0n) is 13.9. The molecule has 3 N–H and O–H groups in total. The first-order chi connectivity index (χ1) is 12.5. The maximum absolute atomic E-state index is 14.1. The first kappa shape index (κ1) is 17.5. The van der Waals surface area contributed by atoms with E-state index in [1.165, 1.54) is 18.2 Å². The predicted molar refractivity (Wildman–Crippen MR) is 92.3 cm³/mol. The lowest BCUT2D eigenvalue weighted by atomic mass is 9.95.